The van der Waals surface area contributed by atoms with E-state index in [1.54, 1.807) is 31.6 Å². The molecule has 8 heteroatoms. The standard InChI is InChI=1S/C17H26N4O4/c1-24-10-13-5-3-7-21(13)9-15-16(22)14(11-25-15)20-17(23)19-12-4-2-6-18-8-12/h2,4,6,8,13-16,22H,3,5,7,9-11H2,1H3,(H2,19,20,23)/t13-,14+,15+,16-/m1/s1. The molecule has 0 spiro atoms. The van der Waals surface area contributed by atoms with E-state index in [0.29, 0.717) is 31.5 Å². The van der Waals surface area contributed by atoms with Crippen LogP contribution < -0.4 is 10.6 Å². The van der Waals surface area contributed by atoms with Crippen LogP contribution in [0.4, 0.5) is 10.5 Å². The van der Waals surface area contributed by atoms with Crippen molar-refractivity contribution in [1.29, 1.82) is 0 Å². The minimum absolute atomic E-state index is 0.301. The third-order valence-corrected chi connectivity index (χ3v) is 4.79. The minimum Gasteiger partial charge on any atom is -0.388 e. The molecular formula is C17H26N4O4. The van der Waals surface area contributed by atoms with E-state index < -0.39 is 12.1 Å². The average Bonchev–Trinajstić information content (AvgIpc) is 3.18. The maximum absolute atomic E-state index is 12.1. The maximum atomic E-state index is 12.1. The molecule has 0 bridgehead atoms. The molecule has 0 unspecified atom stereocenters. The monoisotopic (exact) mass is 350 g/mol. The predicted molar refractivity (Wildman–Crippen MR) is 92.4 cm³/mol. The molecular weight excluding hydrogens is 324 g/mol. The van der Waals surface area contributed by atoms with Crippen molar-refractivity contribution < 1.29 is 19.4 Å². The van der Waals surface area contributed by atoms with Gasteiger partial charge in [0.15, 0.2) is 0 Å². The highest BCUT2D eigenvalue weighted by atomic mass is 16.5. The topological polar surface area (TPSA) is 96.0 Å². The molecule has 2 aliphatic heterocycles. The first-order valence-corrected chi connectivity index (χ1v) is 8.67. The highest BCUT2D eigenvalue weighted by Gasteiger charge is 2.39. The second kappa shape index (κ2) is 8.57. The summed E-state index contributed by atoms with van der Waals surface area (Å²) in [6, 6.07) is 3.07. The molecule has 3 N–H and O–H groups in total. The summed E-state index contributed by atoms with van der Waals surface area (Å²) in [7, 11) is 1.71. The number of aliphatic hydroxyl groups is 1. The molecule has 0 saturated carbocycles. The fourth-order valence-electron chi connectivity index (χ4n) is 3.49. The molecule has 1 aromatic heterocycles. The SMILES string of the molecule is COC[C@H]1CCCN1C[C@@H]1OC[C@H](NC(=O)Nc2cccnc2)[C@H]1O. The molecule has 8 nitrogen and oxygen atoms in total. The molecule has 0 radical (unpaired) electrons. The highest BCUT2D eigenvalue weighted by molar-refractivity contribution is 5.89. The van der Waals surface area contributed by atoms with Gasteiger partial charge in [0.1, 0.15) is 6.10 Å². The van der Waals surface area contributed by atoms with Gasteiger partial charge in [-0.1, -0.05) is 0 Å². The summed E-state index contributed by atoms with van der Waals surface area (Å²) in [5.74, 6) is 0. The Labute approximate surface area is 147 Å². The van der Waals surface area contributed by atoms with Gasteiger partial charge >= 0.3 is 6.03 Å². The smallest absolute Gasteiger partial charge is 0.319 e. The summed E-state index contributed by atoms with van der Waals surface area (Å²) in [6.07, 6.45) is 4.40. The van der Waals surface area contributed by atoms with Gasteiger partial charge in [0.2, 0.25) is 0 Å². The molecule has 2 amide bonds. The number of carbonyl (C=O) groups excluding carboxylic acids is 1. The normalized spacial score (nSPS) is 29.7. The largest absolute Gasteiger partial charge is 0.388 e. The van der Waals surface area contributed by atoms with Gasteiger partial charge in [-0.2, -0.15) is 0 Å². The fraction of sp³-hybridized carbons (Fsp3) is 0.647. The fourth-order valence-corrected chi connectivity index (χ4v) is 3.49. The van der Waals surface area contributed by atoms with Crippen molar-refractivity contribution in [3.63, 3.8) is 0 Å². The lowest BCUT2D eigenvalue weighted by Gasteiger charge is -2.28. The summed E-state index contributed by atoms with van der Waals surface area (Å²) in [6.45, 7) is 2.63. The quantitative estimate of drug-likeness (QED) is 0.689. The van der Waals surface area contributed by atoms with Crippen molar-refractivity contribution >= 4 is 11.7 Å². The first kappa shape index (κ1) is 18.1. The molecule has 3 heterocycles. The Balaban J connectivity index is 1.48. The molecule has 1 aromatic rings. The predicted octanol–water partition coefficient (Wildman–Crippen LogP) is 0.442. The van der Waals surface area contributed by atoms with E-state index in [1.165, 1.54) is 0 Å². The van der Waals surface area contributed by atoms with Crippen molar-refractivity contribution in [3.05, 3.63) is 24.5 Å². The number of hydrogen-bond donors (Lipinski definition) is 3. The van der Waals surface area contributed by atoms with E-state index in [2.05, 4.69) is 20.5 Å². The highest BCUT2D eigenvalue weighted by Crippen LogP contribution is 2.22. The number of ether oxygens (including phenoxy) is 2. The Morgan fingerprint density at radius 3 is 3.20 bits per heavy atom. The van der Waals surface area contributed by atoms with Crippen molar-refractivity contribution in [3.8, 4) is 0 Å². The molecule has 2 fully saturated rings. The van der Waals surface area contributed by atoms with Gasteiger partial charge in [-0.3, -0.25) is 9.88 Å². The third-order valence-electron chi connectivity index (χ3n) is 4.79. The number of hydrogen-bond acceptors (Lipinski definition) is 6. The van der Waals surface area contributed by atoms with Crippen LogP contribution in [0, 0.1) is 0 Å². The lowest BCUT2D eigenvalue weighted by Crippen LogP contribution is -2.48. The number of carbonyl (C=O) groups is 1. The number of nitrogens with one attached hydrogen (secondary N) is 2. The summed E-state index contributed by atoms with van der Waals surface area (Å²) in [4.78, 5) is 18.3. The van der Waals surface area contributed by atoms with Gasteiger partial charge in [-0.15, -0.1) is 0 Å². The van der Waals surface area contributed by atoms with Crippen LogP contribution in [-0.2, 0) is 9.47 Å². The van der Waals surface area contributed by atoms with Crippen LogP contribution in [0.5, 0.6) is 0 Å². The molecule has 2 aliphatic rings. The molecule has 0 aromatic carbocycles. The molecule has 25 heavy (non-hydrogen) atoms. The van der Waals surface area contributed by atoms with Gasteiger partial charge in [-0.05, 0) is 31.5 Å². The van der Waals surface area contributed by atoms with Crippen LogP contribution in [0.1, 0.15) is 12.8 Å². The van der Waals surface area contributed by atoms with Gasteiger partial charge in [-0.25, -0.2) is 4.79 Å². The van der Waals surface area contributed by atoms with E-state index in [4.69, 9.17) is 9.47 Å². The van der Waals surface area contributed by atoms with Crippen molar-refractivity contribution in [2.45, 2.75) is 37.1 Å². The summed E-state index contributed by atoms with van der Waals surface area (Å²) in [5, 5.41) is 16.0. The first-order valence-electron chi connectivity index (χ1n) is 8.67. The van der Waals surface area contributed by atoms with Crippen LogP contribution in [-0.4, -0.2) is 78.7 Å². The Kier molecular flexibility index (Phi) is 6.19. The van der Waals surface area contributed by atoms with Gasteiger partial charge in [0.25, 0.3) is 0 Å². The van der Waals surface area contributed by atoms with E-state index in [0.717, 1.165) is 19.4 Å². The number of pyridine rings is 1. The van der Waals surface area contributed by atoms with Crippen LogP contribution in [0.15, 0.2) is 24.5 Å². The molecule has 138 valence electrons. The Bertz CT molecular complexity index is 559. The number of rotatable bonds is 6. The Hall–Kier alpha value is -1.74. The second-order valence-corrected chi connectivity index (χ2v) is 6.56. The molecule has 4 atom stereocenters. The zero-order valence-corrected chi connectivity index (χ0v) is 14.4. The van der Waals surface area contributed by atoms with Gasteiger partial charge in [0.05, 0.1) is 37.2 Å². The first-order chi connectivity index (χ1) is 12.2. The summed E-state index contributed by atoms with van der Waals surface area (Å²) >= 11 is 0. The number of urea groups is 1. The summed E-state index contributed by atoms with van der Waals surface area (Å²) in [5.41, 5.74) is 0.601. The lowest BCUT2D eigenvalue weighted by molar-refractivity contribution is 0.00472. The number of aliphatic hydroxyl groups excluding tert-OH is 1. The van der Waals surface area contributed by atoms with Crippen molar-refractivity contribution in [2.75, 3.05) is 38.7 Å². The van der Waals surface area contributed by atoms with E-state index in [1.807, 2.05) is 0 Å². The van der Waals surface area contributed by atoms with Crippen LogP contribution in [0.2, 0.25) is 0 Å². The summed E-state index contributed by atoms with van der Waals surface area (Å²) < 4.78 is 11.0. The molecule has 0 aliphatic carbocycles. The van der Waals surface area contributed by atoms with Crippen LogP contribution in [0.3, 0.4) is 0 Å². The van der Waals surface area contributed by atoms with Crippen molar-refractivity contribution in [1.82, 2.24) is 15.2 Å². The number of aromatic nitrogens is 1. The van der Waals surface area contributed by atoms with Gasteiger partial charge in [0, 0.05) is 25.9 Å². The maximum Gasteiger partial charge on any atom is 0.319 e. The minimum atomic E-state index is -0.733. The number of anilines is 1. The number of amides is 2. The number of methoxy groups -OCH3 is 1. The van der Waals surface area contributed by atoms with Crippen molar-refractivity contribution in [2.24, 2.45) is 0 Å². The molecule has 2 saturated heterocycles. The number of likely N-dealkylation sites (tertiary alicyclic amines) is 1. The third kappa shape index (κ3) is 4.66. The zero-order chi connectivity index (χ0) is 17.6. The average molecular weight is 350 g/mol. The van der Waals surface area contributed by atoms with Crippen LogP contribution in [0.25, 0.3) is 0 Å². The second-order valence-electron chi connectivity index (χ2n) is 6.56. The van der Waals surface area contributed by atoms with E-state index in [9.17, 15) is 9.90 Å². The van der Waals surface area contributed by atoms with Crippen LogP contribution >= 0.6 is 0 Å². The van der Waals surface area contributed by atoms with E-state index >= 15 is 0 Å². The molecule has 3 rings (SSSR count). The number of nitrogens with zero attached hydrogens (tertiary/aromatic N) is 2. The van der Waals surface area contributed by atoms with E-state index in [-0.39, 0.29) is 12.1 Å². The lowest BCUT2D eigenvalue weighted by atomic mass is 10.1. The zero-order valence-electron chi connectivity index (χ0n) is 14.4. The van der Waals surface area contributed by atoms with Gasteiger partial charge < -0.3 is 25.2 Å². The Morgan fingerprint density at radius 1 is 1.56 bits per heavy atom. The Morgan fingerprint density at radius 2 is 2.44 bits per heavy atom.